The lowest BCUT2D eigenvalue weighted by Crippen LogP contribution is -2.19. The van der Waals surface area contributed by atoms with Crippen LogP contribution in [0.15, 0.2) is 47.2 Å². The van der Waals surface area contributed by atoms with Crippen LogP contribution in [-0.2, 0) is 0 Å². The third-order valence-electron chi connectivity index (χ3n) is 3.99. The molecule has 1 atom stereocenters. The molecule has 1 aromatic carbocycles. The third-order valence-corrected chi connectivity index (χ3v) is 3.99. The van der Waals surface area contributed by atoms with Crippen LogP contribution in [0.3, 0.4) is 0 Å². The molecule has 4 aromatic rings. The summed E-state index contributed by atoms with van der Waals surface area (Å²) in [6, 6.07) is 8.76. The summed E-state index contributed by atoms with van der Waals surface area (Å²) >= 11 is 0. The van der Waals surface area contributed by atoms with Gasteiger partial charge in [0.05, 0.1) is 11.7 Å². The smallest absolute Gasteiger partial charge is 0.272 e. The van der Waals surface area contributed by atoms with Gasteiger partial charge in [0, 0.05) is 36.3 Å². The number of rotatable bonds is 2. The number of terminal acetylenes is 1. The second kappa shape index (κ2) is 11.6. The topological polar surface area (TPSA) is 145 Å². The maximum absolute atomic E-state index is 12.1. The highest BCUT2D eigenvalue weighted by Crippen LogP contribution is 2.23. The maximum Gasteiger partial charge on any atom is 0.272 e. The largest absolute Gasteiger partial charge is 0.381 e. The SMILES string of the molecule is C#C.CNC(=O)c1nn(-c2ccnc(N)n2)c2cc(C#C[C@@H](C)O)ccc12.Cc1ccno1. The highest BCUT2D eigenvalue weighted by molar-refractivity contribution is 6.05. The van der Waals surface area contributed by atoms with Crippen LogP contribution in [0.2, 0.25) is 0 Å². The molecule has 1 amide bonds. The summed E-state index contributed by atoms with van der Waals surface area (Å²) < 4.78 is 6.10. The molecule has 4 rings (SSSR count). The van der Waals surface area contributed by atoms with Crippen molar-refractivity contribution < 1.29 is 14.4 Å². The molecule has 0 bridgehead atoms. The molecule has 4 N–H and O–H groups in total. The molecule has 0 saturated carbocycles. The lowest BCUT2D eigenvalue weighted by molar-refractivity contribution is 0.0959. The van der Waals surface area contributed by atoms with E-state index in [-0.39, 0.29) is 17.5 Å². The van der Waals surface area contributed by atoms with E-state index in [2.05, 4.69) is 54.8 Å². The van der Waals surface area contributed by atoms with Crippen LogP contribution in [0.25, 0.3) is 16.7 Å². The van der Waals surface area contributed by atoms with Crippen LogP contribution in [-0.4, -0.2) is 49.1 Å². The van der Waals surface area contributed by atoms with Crippen molar-refractivity contribution in [1.82, 2.24) is 30.2 Å². The Labute approximate surface area is 190 Å². The average Bonchev–Trinajstić information content (AvgIpc) is 3.45. The zero-order valence-corrected chi connectivity index (χ0v) is 18.4. The predicted molar refractivity (Wildman–Crippen MR) is 124 cm³/mol. The predicted octanol–water partition coefficient (Wildman–Crippen LogP) is 1.72. The van der Waals surface area contributed by atoms with Gasteiger partial charge >= 0.3 is 0 Å². The van der Waals surface area contributed by atoms with Crippen molar-refractivity contribution in [2.75, 3.05) is 12.8 Å². The number of amides is 1. The van der Waals surface area contributed by atoms with E-state index in [4.69, 9.17) is 5.73 Å². The van der Waals surface area contributed by atoms with E-state index in [0.717, 1.165) is 5.76 Å². The molecule has 10 heteroatoms. The summed E-state index contributed by atoms with van der Waals surface area (Å²) in [5.74, 6) is 6.65. The fourth-order valence-corrected chi connectivity index (χ4v) is 2.60. The first-order valence-electron chi connectivity index (χ1n) is 9.63. The molecule has 0 radical (unpaired) electrons. The number of nitrogens with one attached hydrogen (secondary N) is 1. The summed E-state index contributed by atoms with van der Waals surface area (Å²) in [6.07, 6.45) is 10.4. The molecule has 3 aromatic heterocycles. The average molecular weight is 445 g/mol. The summed E-state index contributed by atoms with van der Waals surface area (Å²) in [4.78, 5) is 20.2. The number of carbonyl (C=O) groups excluding carboxylic acids is 1. The van der Waals surface area contributed by atoms with Crippen molar-refractivity contribution in [2.24, 2.45) is 0 Å². The van der Waals surface area contributed by atoms with E-state index >= 15 is 0 Å². The number of aromatic nitrogens is 5. The van der Waals surface area contributed by atoms with Gasteiger partial charge in [0.1, 0.15) is 11.9 Å². The summed E-state index contributed by atoms with van der Waals surface area (Å²) in [5, 5.41) is 20.4. The molecular weight excluding hydrogens is 422 g/mol. The zero-order valence-electron chi connectivity index (χ0n) is 18.4. The van der Waals surface area contributed by atoms with Crippen molar-refractivity contribution in [1.29, 1.82) is 0 Å². The maximum atomic E-state index is 12.1. The highest BCUT2D eigenvalue weighted by Gasteiger charge is 2.18. The van der Waals surface area contributed by atoms with E-state index in [1.807, 2.05) is 6.92 Å². The molecule has 0 unspecified atom stereocenters. The molecule has 3 heterocycles. The normalized spacial score (nSPS) is 10.5. The van der Waals surface area contributed by atoms with Gasteiger partial charge in [-0.05, 0) is 32.0 Å². The molecular formula is C23H23N7O3. The van der Waals surface area contributed by atoms with Gasteiger partial charge in [-0.15, -0.1) is 12.8 Å². The van der Waals surface area contributed by atoms with E-state index in [1.54, 1.807) is 50.5 Å². The number of hydrogen-bond acceptors (Lipinski definition) is 8. The van der Waals surface area contributed by atoms with Gasteiger partial charge in [0.25, 0.3) is 5.91 Å². The Balaban J connectivity index is 0.000000411. The Morgan fingerprint density at radius 3 is 2.58 bits per heavy atom. The Kier molecular flexibility index (Phi) is 8.68. The molecule has 168 valence electrons. The van der Waals surface area contributed by atoms with Crippen molar-refractivity contribution in [3.8, 4) is 30.5 Å². The number of nitrogen functional groups attached to an aromatic ring is 1. The van der Waals surface area contributed by atoms with Crippen LogP contribution in [0.5, 0.6) is 0 Å². The van der Waals surface area contributed by atoms with Crippen LogP contribution in [0, 0.1) is 31.6 Å². The second-order valence-corrected chi connectivity index (χ2v) is 6.41. The standard InChI is InChI=1S/C17H16N6O2.C4H5NO.C2H2/c1-10(24)3-4-11-5-6-12-13(9-11)23(22-15(12)16(25)19-2)14-7-8-20-17(18)21-14;1-4-2-3-5-6-4;1-2/h5-10,24H,1-2H3,(H,19,25)(H2,18,20,21);2-3H,1H3;1-2H/t10-;;/m1../s1. The summed E-state index contributed by atoms with van der Waals surface area (Å²) in [7, 11) is 1.54. The van der Waals surface area contributed by atoms with E-state index in [9.17, 15) is 9.90 Å². The van der Waals surface area contributed by atoms with Gasteiger partial charge in [0.15, 0.2) is 11.5 Å². The Morgan fingerprint density at radius 2 is 2.03 bits per heavy atom. The Morgan fingerprint density at radius 1 is 1.27 bits per heavy atom. The van der Waals surface area contributed by atoms with Crippen molar-refractivity contribution in [3.05, 3.63) is 59.7 Å². The van der Waals surface area contributed by atoms with Crippen LogP contribution in [0.1, 0.15) is 28.7 Å². The van der Waals surface area contributed by atoms with E-state index < -0.39 is 6.10 Å². The lowest BCUT2D eigenvalue weighted by atomic mass is 10.1. The molecule has 10 nitrogen and oxygen atoms in total. The van der Waals surface area contributed by atoms with Gasteiger partial charge in [-0.3, -0.25) is 4.79 Å². The third kappa shape index (κ3) is 6.40. The molecule has 0 aliphatic heterocycles. The number of carbonyl (C=O) groups is 1. The first-order chi connectivity index (χ1) is 15.9. The van der Waals surface area contributed by atoms with Crippen molar-refractivity contribution >= 4 is 22.8 Å². The minimum absolute atomic E-state index is 0.104. The number of aliphatic hydroxyl groups excluding tert-OH is 1. The van der Waals surface area contributed by atoms with Crippen LogP contribution >= 0.6 is 0 Å². The number of aryl methyl sites for hydroxylation is 1. The number of nitrogens with two attached hydrogens (primary N) is 1. The van der Waals surface area contributed by atoms with E-state index in [1.165, 1.54) is 10.9 Å². The van der Waals surface area contributed by atoms with Crippen LogP contribution < -0.4 is 11.1 Å². The number of fused-ring (bicyclic) bond motifs is 1. The first kappa shape index (κ1) is 24.6. The van der Waals surface area contributed by atoms with Gasteiger partial charge in [-0.25, -0.2) is 9.67 Å². The molecule has 33 heavy (non-hydrogen) atoms. The monoisotopic (exact) mass is 445 g/mol. The highest BCUT2D eigenvalue weighted by atomic mass is 16.5. The minimum atomic E-state index is -0.733. The molecule has 0 aliphatic carbocycles. The number of hydrogen-bond donors (Lipinski definition) is 3. The van der Waals surface area contributed by atoms with E-state index in [0.29, 0.717) is 22.3 Å². The molecule has 0 saturated heterocycles. The van der Waals surface area contributed by atoms with Crippen molar-refractivity contribution in [2.45, 2.75) is 20.0 Å². The molecule has 0 aliphatic rings. The number of aliphatic hydroxyl groups is 1. The second-order valence-electron chi connectivity index (χ2n) is 6.41. The van der Waals surface area contributed by atoms with Gasteiger partial charge in [0.2, 0.25) is 5.95 Å². The Hall–Kier alpha value is -4.67. The Bertz CT molecular complexity index is 1300. The number of nitrogens with zero attached hydrogens (tertiary/aromatic N) is 5. The number of anilines is 1. The zero-order chi connectivity index (χ0) is 24.4. The quantitative estimate of drug-likeness (QED) is 0.396. The molecule has 0 fully saturated rings. The van der Waals surface area contributed by atoms with Gasteiger partial charge in [-0.1, -0.05) is 17.0 Å². The first-order valence-corrected chi connectivity index (χ1v) is 9.63. The fraction of sp³-hybridized carbons (Fsp3) is 0.174. The van der Waals surface area contributed by atoms with Gasteiger partial charge in [-0.2, -0.15) is 10.1 Å². The van der Waals surface area contributed by atoms with Crippen LogP contribution in [0.4, 0.5) is 5.95 Å². The summed E-state index contributed by atoms with van der Waals surface area (Å²) in [5.41, 5.74) is 7.25. The van der Waals surface area contributed by atoms with Crippen molar-refractivity contribution in [3.63, 3.8) is 0 Å². The number of benzene rings is 1. The summed E-state index contributed by atoms with van der Waals surface area (Å²) in [6.45, 7) is 3.44. The lowest BCUT2D eigenvalue weighted by Gasteiger charge is -2.03. The minimum Gasteiger partial charge on any atom is -0.381 e. The fourth-order valence-electron chi connectivity index (χ4n) is 2.60. The molecule has 0 spiro atoms. The van der Waals surface area contributed by atoms with Gasteiger partial charge < -0.3 is 20.7 Å².